The lowest BCUT2D eigenvalue weighted by atomic mass is 10.0. The minimum Gasteiger partial charge on any atom is -0.309 e. The Hall–Kier alpha value is -0.110. The van der Waals surface area contributed by atoms with Crippen LogP contribution in [0.4, 0.5) is 4.39 Å². The van der Waals surface area contributed by atoms with E-state index >= 15 is 0 Å². The van der Waals surface area contributed by atoms with Gasteiger partial charge in [0.05, 0.1) is 0 Å². The monoisotopic (exact) mass is 161 g/mol. The predicted molar refractivity (Wildman–Crippen MR) is 47.5 cm³/mol. The Morgan fingerprint density at radius 1 is 1.18 bits per heavy atom. The van der Waals surface area contributed by atoms with Crippen molar-refractivity contribution in [2.45, 2.75) is 46.2 Å². The molecule has 0 saturated heterocycles. The number of hydrogen-bond acceptors (Lipinski definition) is 1. The highest BCUT2D eigenvalue weighted by atomic mass is 19.1. The van der Waals surface area contributed by atoms with Gasteiger partial charge in [-0.25, -0.2) is 4.39 Å². The van der Waals surface area contributed by atoms with Crippen molar-refractivity contribution in [2.75, 3.05) is 6.67 Å². The van der Waals surface area contributed by atoms with Crippen molar-refractivity contribution in [3.63, 3.8) is 0 Å². The van der Waals surface area contributed by atoms with Crippen LogP contribution in [0.2, 0.25) is 0 Å². The maximum Gasteiger partial charge on any atom is 0.105 e. The SMILES string of the molecule is CC(C)C[C@@H](CF)NC(C)C. The van der Waals surface area contributed by atoms with Crippen LogP contribution in [-0.2, 0) is 0 Å². The van der Waals surface area contributed by atoms with Gasteiger partial charge in [-0.2, -0.15) is 0 Å². The molecule has 0 aromatic rings. The van der Waals surface area contributed by atoms with Gasteiger partial charge in [-0.3, -0.25) is 0 Å². The van der Waals surface area contributed by atoms with Gasteiger partial charge in [0.1, 0.15) is 6.67 Å². The third-order valence-corrected chi connectivity index (χ3v) is 1.51. The van der Waals surface area contributed by atoms with Crippen LogP contribution in [0.5, 0.6) is 0 Å². The second kappa shape index (κ2) is 5.53. The predicted octanol–water partition coefficient (Wildman–Crippen LogP) is 2.37. The summed E-state index contributed by atoms with van der Waals surface area (Å²) >= 11 is 0. The number of nitrogens with one attached hydrogen (secondary N) is 1. The molecule has 0 radical (unpaired) electrons. The van der Waals surface area contributed by atoms with Crippen LogP contribution in [0, 0.1) is 5.92 Å². The van der Waals surface area contributed by atoms with Gasteiger partial charge in [-0.1, -0.05) is 27.7 Å². The Labute approximate surface area is 69.4 Å². The third kappa shape index (κ3) is 6.29. The van der Waals surface area contributed by atoms with E-state index in [9.17, 15) is 4.39 Å². The molecule has 1 N–H and O–H groups in total. The van der Waals surface area contributed by atoms with E-state index in [4.69, 9.17) is 0 Å². The molecule has 11 heavy (non-hydrogen) atoms. The minimum absolute atomic E-state index is 0.0509. The summed E-state index contributed by atoms with van der Waals surface area (Å²) in [7, 11) is 0. The van der Waals surface area contributed by atoms with Gasteiger partial charge >= 0.3 is 0 Å². The Kier molecular flexibility index (Phi) is 5.47. The second-order valence-electron chi connectivity index (χ2n) is 3.80. The first kappa shape index (κ1) is 10.9. The van der Waals surface area contributed by atoms with E-state index in [-0.39, 0.29) is 12.7 Å². The minimum atomic E-state index is -0.254. The number of halogens is 1. The lowest BCUT2D eigenvalue weighted by Crippen LogP contribution is -2.37. The summed E-state index contributed by atoms with van der Waals surface area (Å²) < 4.78 is 12.3. The maximum absolute atomic E-state index is 12.3. The first-order valence-corrected chi connectivity index (χ1v) is 4.38. The molecule has 1 nitrogen and oxygen atoms in total. The molecule has 0 aliphatic rings. The Bertz CT molecular complexity index is 81.6. The van der Waals surface area contributed by atoms with Gasteiger partial charge in [0.15, 0.2) is 0 Å². The molecule has 0 aromatic carbocycles. The van der Waals surface area contributed by atoms with E-state index in [1.807, 2.05) is 13.8 Å². The molecule has 1 atom stereocenters. The summed E-state index contributed by atoms with van der Waals surface area (Å²) in [5.41, 5.74) is 0. The Morgan fingerprint density at radius 3 is 2.00 bits per heavy atom. The van der Waals surface area contributed by atoms with E-state index < -0.39 is 0 Å². The molecule has 0 aromatic heterocycles. The quantitative estimate of drug-likeness (QED) is 0.652. The van der Waals surface area contributed by atoms with E-state index in [0.717, 1.165) is 6.42 Å². The van der Waals surface area contributed by atoms with Gasteiger partial charge in [-0.05, 0) is 12.3 Å². The van der Waals surface area contributed by atoms with Gasteiger partial charge in [0, 0.05) is 12.1 Å². The molecular formula is C9H20FN. The van der Waals surface area contributed by atoms with Crippen LogP contribution < -0.4 is 5.32 Å². The summed E-state index contributed by atoms with van der Waals surface area (Å²) in [6.07, 6.45) is 0.925. The smallest absolute Gasteiger partial charge is 0.105 e. The molecular weight excluding hydrogens is 141 g/mol. The summed E-state index contributed by atoms with van der Waals surface area (Å²) in [6.45, 7) is 8.07. The highest BCUT2D eigenvalue weighted by molar-refractivity contribution is 4.69. The highest BCUT2D eigenvalue weighted by Crippen LogP contribution is 2.05. The maximum atomic E-state index is 12.3. The number of hydrogen-bond donors (Lipinski definition) is 1. The molecule has 0 spiro atoms. The molecule has 0 heterocycles. The second-order valence-corrected chi connectivity index (χ2v) is 3.80. The first-order chi connectivity index (χ1) is 5.06. The van der Waals surface area contributed by atoms with Crippen LogP contribution in [0.25, 0.3) is 0 Å². The zero-order valence-corrected chi connectivity index (χ0v) is 8.02. The van der Waals surface area contributed by atoms with Gasteiger partial charge in [0.25, 0.3) is 0 Å². The van der Waals surface area contributed by atoms with Crippen molar-refractivity contribution in [3.8, 4) is 0 Å². The average molecular weight is 161 g/mol. The molecule has 0 rings (SSSR count). The number of alkyl halides is 1. The average Bonchev–Trinajstić information content (AvgIpc) is 1.84. The summed E-state index contributed by atoms with van der Waals surface area (Å²) in [6, 6.07) is 0.435. The van der Waals surface area contributed by atoms with Crippen LogP contribution in [-0.4, -0.2) is 18.8 Å². The van der Waals surface area contributed by atoms with Crippen molar-refractivity contribution >= 4 is 0 Å². The largest absolute Gasteiger partial charge is 0.309 e. The molecule has 0 fully saturated rings. The Balaban J connectivity index is 3.58. The molecule has 0 saturated carbocycles. The Morgan fingerprint density at radius 2 is 1.73 bits per heavy atom. The van der Waals surface area contributed by atoms with Crippen molar-refractivity contribution in [3.05, 3.63) is 0 Å². The fourth-order valence-electron chi connectivity index (χ4n) is 1.22. The van der Waals surface area contributed by atoms with Crippen LogP contribution >= 0.6 is 0 Å². The van der Waals surface area contributed by atoms with Crippen molar-refractivity contribution in [2.24, 2.45) is 5.92 Å². The summed E-state index contributed by atoms with van der Waals surface area (Å²) in [5.74, 6) is 0.571. The zero-order valence-electron chi connectivity index (χ0n) is 8.02. The van der Waals surface area contributed by atoms with E-state index in [0.29, 0.717) is 12.0 Å². The third-order valence-electron chi connectivity index (χ3n) is 1.51. The molecule has 0 bridgehead atoms. The molecule has 2 heteroatoms. The fourth-order valence-corrected chi connectivity index (χ4v) is 1.22. The van der Waals surface area contributed by atoms with E-state index in [1.165, 1.54) is 0 Å². The van der Waals surface area contributed by atoms with E-state index in [2.05, 4.69) is 19.2 Å². The van der Waals surface area contributed by atoms with Crippen molar-refractivity contribution in [1.82, 2.24) is 5.32 Å². The van der Waals surface area contributed by atoms with Crippen LogP contribution in [0.3, 0.4) is 0 Å². The molecule has 68 valence electrons. The standard InChI is InChI=1S/C9H20FN/c1-7(2)5-9(6-10)11-8(3)4/h7-9,11H,5-6H2,1-4H3/t9-/m0/s1. The lowest BCUT2D eigenvalue weighted by Gasteiger charge is -2.19. The molecule has 0 amide bonds. The fraction of sp³-hybridized carbons (Fsp3) is 1.00. The topological polar surface area (TPSA) is 12.0 Å². The van der Waals surface area contributed by atoms with Gasteiger partial charge in [0.2, 0.25) is 0 Å². The normalized spacial score (nSPS) is 14.5. The number of rotatable bonds is 5. The van der Waals surface area contributed by atoms with Gasteiger partial charge < -0.3 is 5.32 Å². The van der Waals surface area contributed by atoms with Crippen molar-refractivity contribution in [1.29, 1.82) is 0 Å². The molecule has 0 aliphatic heterocycles. The van der Waals surface area contributed by atoms with Gasteiger partial charge in [-0.15, -0.1) is 0 Å². The molecule has 0 aliphatic carbocycles. The van der Waals surface area contributed by atoms with Crippen LogP contribution in [0.1, 0.15) is 34.1 Å². The van der Waals surface area contributed by atoms with Crippen LogP contribution in [0.15, 0.2) is 0 Å². The first-order valence-electron chi connectivity index (χ1n) is 4.38. The zero-order chi connectivity index (χ0) is 8.85. The summed E-state index contributed by atoms with van der Waals surface area (Å²) in [5, 5.41) is 3.19. The lowest BCUT2D eigenvalue weighted by molar-refractivity contribution is 0.314. The highest BCUT2D eigenvalue weighted by Gasteiger charge is 2.10. The van der Waals surface area contributed by atoms with E-state index in [1.54, 1.807) is 0 Å². The summed E-state index contributed by atoms with van der Waals surface area (Å²) in [4.78, 5) is 0. The molecule has 0 unspecified atom stereocenters. The van der Waals surface area contributed by atoms with Crippen molar-refractivity contribution < 1.29 is 4.39 Å².